The number of hydrogen-bond acceptors (Lipinski definition) is 4. The number of benzene rings is 1. The standard InChI is InChI=1S/C8H7IO4/c1-13-8(10)6-4-2-3-5-7(6)9(11)12/h2-5H,1H3. The molecule has 0 aliphatic rings. The highest BCUT2D eigenvalue weighted by atomic mass is 127. The lowest BCUT2D eigenvalue weighted by Gasteiger charge is -1.99. The molecular weight excluding hydrogens is 287 g/mol. The number of rotatable bonds is 2. The minimum Gasteiger partial charge on any atom is -0.465 e. The predicted octanol–water partition coefficient (Wildman–Crippen LogP) is 1.84. The molecule has 1 aromatic rings. The van der Waals surface area contributed by atoms with Crippen molar-refractivity contribution in [1.29, 1.82) is 0 Å². The topological polar surface area (TPSA) is 60.4 Å². The fraction of sp³-hybridized carbons (Fsp3) is 0.125. The molecule has 0 aliphatic carbocycles. The van der Waals surface area contributed by atoms with Gasteiger partial charge in [-0.15, -0.1) is 0 Å². The van der Waals surface area contributed by atoms with Crippen LogP contribution >= 0.6 is 19.8 Å². The van der Waals surface area contributed by atoms with Gasteiger partial charge in [0.05, 0.1) is 16.2 Å². The number of methoxy groups -OCH3 is 1. The lowest BCUT2D eigenvalue weighted by Crippen LogP contribution is -2.03. The molecule has 0 fully saturated rings. The van der Waals surface area contributed by atoms with E-state index in [2.05, 4.69) is 4.74 Å². The minimum atomic E-state index is -3.60. The van der Waals surface area contributed by atoms with Gasteiger partial charge in [0, 0.05) is 0 Å². The third kappa shape index (κ3) is 2.24. The summed E-state index contributed by atoms with van der Waals surface area (Å²) in [4.78, 5) is 11.1. The van der Waals surface area contributed by atoms with E-state index in [9.17, 15) is 10.9 Å². The van der Waals surface area contributed by atoms with Crippen LogP contribution in [0.25, 0.3) is 0 Å². The van der Waals surface area contributed by atoms with Gasteiger partial charge in [0.1, 0.15) is 0 Å². The van der Waals surface area contributed by atoms with E-state index in [0.717, 1.165) is 0 Å². The Morgan fingerprint density at radius 2 is 1.92 bits per heavy atom. The summed E-state index contributed by atoms with van der Waals surface area (Å²) in [7, 11) is 1.22. The van der Waals surface area contributed by atoms with Crippen molar-refractivity contribution in [3.63, 3.8) is 0 Å². The summed E-state index contributed by atoms with van der Waals surface area (Å²) in [6.07, 6.45) is 0. The first-order valence-electron chi connectivity index (χ1n) is 3.39. The van der Waals surface area contributed by atoms with Gasteiger partial charge in [0.2, 0.25) is 0 Å². The zero-order chi connectivity index (χ0) is 9.84. The van der Waals surface area contributed by atoms with E-state index >= 15 is 0 Å². The van der Waals surface area contributed by atoms with E-state index in [1.807, 2.05) is 0 Å². The Morgan fingerprint density at radius 3 is 2.46 bits per heavy atom. The first-order valence-corrected chi connectivity index (χ1v) is 6.23. The van der Waals surface area contributed by atoms with Crippen molar-refractivity contribution in [1.82, 2.24) is 0 Å². The van der Waals surface area contributed by atoms with Crippen molar-refractivity contribution in [2.75, 3.05) is 7.11 Å². The molecule has 0 amide bonds. The lowest BCUT2D eigenvalue weighted by molar-refractivity contribution is 0.0599. The molecule has 0 radical (unpaired) electrons. The zero-order valence-electron chi connectivity index (χ0n) is 6.82. The molecule has 0 saturated carbocycles. The van der Waals surface area contributed by atoms with Crippen LogP contribution in [0.4, 0.5) is 0 Å². The maximum absolute atomic E-state index is 11.1. The van der Waals surface area contributed by atoms with Gasteiger partial charge in [0.25, 0.3) is 0 Å². The number of halogens is 1. The molecule has 0 aromatic heterocycles. The minimum absolute atomic E-state index is 0.0820. The molecule has 70 valence electrons. The Balaban J connectivity index is 3.27. The zero-order valence-corrected chi connectivity index (χ0v) is 8.98. The Morgan fingerprint density at radius 1 is 1.31 bits per heavy atom. The second-order valence-corrected chi connectivity index (χ2v) is 4.59. The average molecular weight is 294 g/mol. The third-order valence-electron chi connectivity index (χ3n) is 1.45. The molecule has 0 unspecified atom stereocenters. The lowest BCUT2D eigenvalue weighted by atomic mass is 10.2. The summed E-state index contributed by atoms with van der Waals surface area (Å²) in [5.74, 6) is -0.621. The largest absolute Gasteiger partial charge is 0.465 e. The molecular formula is C8H7IO4. The number of carbonyl (C=O) groups is 1. The van der Waals surface area contributed by atoms with E-state index < -0.39 is 25.8 Å². The van der Waals surface area contributed by atoms with E-state index in [4.69, 9.17) is 0 Å². The van der Waals surface area contributed by atoms with Crippen LogP contribution in [0.3, 0.4) is 0 Å². The number of ether oxygens (including phenoxy) is 1. The Bertz CT molecular complexity index is 387. The first kappa shape index (κ1) is 10.1. The quantitative estimate of drug-likeness (QED) is 0.617. The van der Waals surface area contributed by atoms with Crippen molar-refractivity contribution in [3.8, 4) is 0 Å². The number of esters is 1. The van der Waals surface area contributed by atoms with Gasteiger partial charge in [-0.1, -0.05) is 12.1 Å². The fourth-order valence-corrected chi connectivity index (χ4v) is 2.25. The summed E-state index contributed by atoms with van der Waals surface area (Å²) in [6, 6.07) is 6.00. The van der Waals surface area contributed by atoms with Crippen LogP contribution in [0.1, 0.15) is 10.4 Å². The molecule has 4 nitrogen and oxygen atoms in total. The van der Waals surface area contributed by atoms with Crippen LogP contribution in [0.2, 0.25) is 0 Å². The van der Waals surface area contributed by atoms with Crippen molar-refractivity contribution in [3.05, 3.63) is 33.4 Å². The normalized spacial score (nSPS) is 10.0. The molecule has 0 N–H and O–H groups in total. The van der Waals surface area contributed by atoms with Crippen molar-refractivity contribution >= 4 is 25.8 Å². The fourth-order valence-electron chi connectivity index (χ4n) is 0.871. The van der Waals surface area contributed by atoms with E-state index in [1.165, 1.54) is 19.2 Å². The average Bonchev–Trinajstić information content (AvgIpc) is 2.16. The highest BCUT2D eigenvalue weighted by molar-refractivity contribution is 14.2. The molecule has 0 heterocycles. The first-order chi connectivity index (χ1) is 6.16. The molecule has 0 aliphatic heterocycles. The smallest absolute Gasteiger partial charge is 0.341 e. The second kappa shape index (κ2) is 4.31. The maximum atomic E-state index is 11.1. The molecule has 0 spiro atoms. The van der Waals surface area contributed by atoms with Gasteiger partial charge in [-0.05, 0) is 12.1 Å². The number of carbonyl (C=O) groups excluding carboxylic acids is 1. The summed E-state index contributed by atoms with van der Waals surface area (Å²) >= 11 is -3.60. The Labute approximate surface area is 82.0 Å². The molecule has 1 aromatic carbocycles. The predicted molar refractivity (Wildman–Crippen MR) is 51.9 cm³/mol. The van der Waals surface area contributed by atoms with Gasteiger partial charge >= 0.3 is 25.8 Å². The molecule has 0 bridgehead atoms. The Kier molecular flexibility index (Phi) is 3.35. The number of hydrogen-bond donors (Lipinski definition) is 0. The van der Waals surface area contributed by atoms with Crippen LogP contribution in [0, 0.1) is 3.57 Å². The third-order valence-corrected chi connectivity index (χ3v) is 3.34. The maximum Gasteiger partial charge on any atom is 0.341 e. The monoisotopic (exact) mass is 294 g/mol. The van der Waals surface area contributed by atoms with Gasteiger partial charge in [-0.25, -0.2) is 10.9 Å². The van der Waals surface area contributed by atoms with E-state index in [0.29, 0.717) is 0 Å². The van der Waals surface area contributed by atoms with Gasteiger partial charge in [-0.2, -0.15) is 0 Å². The van der Waals surface area contributed by atoms with Gasteiger partial charge < -0.3 is 4.74 Å². The van der Waals surface area contributed by atoms with Crippen LogP contribution in [0.15, 0.2) is 24.3 Å². The SMILES string of the molecule is COC(=O)c1ccccc1I(=O)=O. The second-order valence-electron chi connectivity index (χ2n) is 2.19. The molecule has 13 heavy (non-hydrogen) atoms. The van der Waals surface area contributed by atoms with Crippen LogP contribution < -0.4 is 0 Å². The highest BCUT2D eigenvalue weighted by Gasteiger charge is 2.13. The summed E-state index contributed by atoms with van der Waals surface area (Å²) in [5.41, 5.74) is 0.111. The van der Waals surface area contributed by atoms with Gasteiger partial charge in [0.15, 0.2) is 0 Å². The summed E-state index contributed by atoms with van der Waals surface area (Å²) < 4.78 is 26.0. The Hall–Kier alpha value is -0.980. The molecule has 0 saturated heterocycles. The summed E-state index contributed by atoms with van der Waals surface area (Å²) in [6.45, 7) is 0. The van der Waals surface area contributed by atoms with E-state index in [1.54, 1.807) is 12.1 Å². The van der Waals surface area contributed by atoms with Crippen LogP contribution in [0.5, 0.6) is 0 Å². The van der Waals surface area contributed by atoms with Crippen LogP contribution in [-0.2, 0) is 10.9 Å². The summed E-state index contributed by atoms with van der Waals surface area (Å²) in [5, 5.41) is 0. The molecule has 0 atom stereocenters. The molecule has 5 heteroatoms. The van der Waals surface area contributed by atoms with Crippen molar-refractivity contribution < 1.29 is 15.7 Å². The van der Waals surface area contributed by atoms with Gasteiger partial charge in [-0.3, -0.25) is 0 Å². The molecule has 1 rings (SSSR count). The van der Waals surface area contributed by atoms with Crippen molar-refractivity contribution in [2.24, 2.45) is 0 Å². The van der Waals surface area contributed by atoms with Crippen LogP contribution in [-0.4, -0.2) is 13.1 Å². The van der Waals surface area contributed by atoms with E-state index in [-0.39, 0.29) is 9.13 Å². The van der Waals surface area contributed by atoms with Crippen molar-refractivity contribution in [2.45, 2.75) is 0 Å². The highest BCUT2D eigenvalue weighted by Crippen LogP contribution is 2.21.